The quantitative estimate of drug-likeness (QED) is 0.806. The highest BCUT2D eigenvalue weighted by atomic mass is 16.1. The largest absolute Gasteiger partial charge is 0.366 e. The van der Waals surface area contributed by atoms with Gasteiger partial charge in [0.2, 0.25) is 0 Å². The van der Waals surface area contributed by atoms with Gasteiger partial charge in [-0.1, -0.05) is 18.2 Å². The van der Waals surface area contributed by atoms with Gasteiger partial charge in [-0.25, -0.2) is 0 Å². The summed E-state index contributed by atoms with van der Waals surface area (Å²) < 4.78 is 0. The van der Waals surface area contributed by atoms with Gasteiger partial charge < -0.3 is 10.3 Å². The number of hydrogen-bond donors (Lipinski definition) is 2. The van der Waals surface area contributed by atoms with Crippen molar-refractivity contribution >= 4 is 16.6 Å². The number of rotatable bonds is 2. The zero-order valence-corrected chi connectivity index (χ0v) is 9.21. The van der Waals surface area contributed by atoms with Crippen LogP contribution in [0.25, 0.3) is 10.8 Å². The van der Waals surface area contributed by atoms with Crippen LogP contribution in [0.5, 0.6) is 0 Å². The number of hydrogen-bond acceptors (Lipinski definition) is 2. The summed E-state index contributed by atoms with van der Waals surface area (Å²) >= 11 is 0. The zero-order valence-electron chi connectivity index (χ0n) is 9.21. The first-order valence-electron chi connectivity index (χ1n) is 5.57. The van der Waals surface area contributed by atoms with E-state index in [-0.39, 0.29) is 11.1 Å². The Hall–Kier alpha value is -1.77. The summed E-state index contributed by atoms with van der Waals surface area (Å²) in [5, 5.41) is 5.10. The van der Waals surface area contributed by atoms with Gasteiger partial charge >= 0.3 is 0 Å². The molecule has 1 aliphatic carbocycles. The lowest BCUT2D eigenvalue weighted by atomic mass is 10.1. The van der Waals surface area contributed by atoms with Crippen molar-refractivity contribution in [2.45, 2.75) is 25.3 Å². The monoisotopic (exact) mass is 214 g/mol. The molecule has 0 atom stereocenters. The second-order valence-electron chi connectivity index (χ2n) is 4.79. The summed E-state index contributed by atoms with van der Waals surface area (Å²) in [6, 6.07) is 9.64. The van der Waals surface area contributed by atoms with E-state index in [2.05, 4.69) is 17.2 Å². The molecule has 2 N–H and O–H groups in total. The molecule has 2 aromatic rings. The summed E-state index contributed by atoms with van der Waals surface area (Å²) in [7, 11) is 0. The first-order chi connectivity index (χ1) is 7.66. The van der Waals surface area contributed by atoms with Crippen LogP contribution in [0.15, 0.2) is 35.1 Å². The van der Waals surface area contributed by atoms with Crippen LogP contribution >= 0.6 is 0 Å². The van der Waals surface area contributed by atoms with Gasteiger partial charge in [-0.3, -0.25) is 4.79 Å². The minimum absolute atomic E-state index is 0.0233. The van der Waals surface area contributed by atoms with Gasteiger partial charge in [0.25, 0.3) is 5.56 Å². The van der Waals surface area contributed by atoms with E-state index in [0.717, 1.165) is 16.6 Å². The molecular formula is C13H14N2O. The summed E-state index contributed by atoms with van der Waals surface area (Å²) in [4.78, 5) is 14.7. The van der Waals surface area contributed by atoms with Crippen molar-refractivity contribution in [3.05, 3.63) is 40.7 Å². The molecule has 3 heteroatoms. The summed E-state index contributed by atoms with van der Waals surface area (Å²) in [5.41, 5.74) is 0.163. The minimum atomic E-state index is -0.0233. The van der Waals surface area contributed by atoms with Gasteiger partial charge in [-0.05, 0) is 37.3 Å². The summed E-state index contributed by atoms with van der Waals surface area (Å²) in [6.07, 6.45) is 2.34. The van der Waals surface area contributed by atoms with Crippen LogP contribution in [0.1, 0.15) is 19.8 Å². The summed E-state index contributed by atoms with van der Waals surface area (Å²) in [6.45, 7) is 2.17. The molecular weight excluding hydrogens is 200 g/mol. The van der Waals surface area contributed by atoms with E-state index in [1.807, 2.05) is 30.3 Å². The third kappa shape index (κ3) is 1.58. The number of benzene rings is 1. The van der Waals surface area contributed by atoms with Crippen molar-refractivity contribution in [1.82, 2.24) is 4.98 Å². The van der Waals surface area contributed by atoms with Crippen LogP contribution in [0, 0.1) is 0 Å². The topological polar surface area (TPSA) is 44.9 Å². The van der Waals surface area contributed by atoms with E-state index in [0.29, 0.717) is 0 Å². The zero-order chi connectivity index (χ0) is 11.2. The highest BCUT2D eigenvalue weighted by Crippen LogP contribution is 2.37. The molecule has 0 saturated heterocycles. The molecule has 3 rings (SSSR count). The molecule has 1 saturated carbocycles. The van der Waals surface area contributed by atoms with Crippen molar-refractivity contribution < 1.29 is 0 Å². The predicted octanol–water partition coefficient (Wildman–Crippen LogP) is 2.49. The van der Waals surface area contributed by atoms with Gasteiger partial charge in [-0.15, -0.1) is 0 Å². The number of anilines is 1. The third-order valence-corrected chi connectivity index (χ3v) is 3.19. The van der Waals surface area contributed by atoms with Crippen molar-refractivity contribution in [3.63, 3.8) is 0 Å². The molecule has 3 nitrogen and oxygen atoms in total. The van der Waals surface area contributed by atoms with E-state index in [9.17, 15) is 4.79 Å². The Morgan fingerprint density at radius 1 is 1.31 bits per heavy atom. The lowest BCUT2D eigenvalue weighted by Crippen LogP contribution is -2.19. The number of nitrogens with one attached hydrogen (secondary N) is 2. The number of H-pyrrole nitrogens is 1. The SMILES string of the molecule is CC1(Nc2cc3ccccc3c(=O)[nH]2)CC1. The molecule has 0 spiro atoms. The van der Waals surface area contributed by atoms with Gasteiger partial charge in [0, 0.05) is 10.9 Å². The Balaban J connectivity index is 2.10. The highest BCUT2D eigenvalue weighted by Gasteiger charge is 2.37. The molecule has 0 radical (unpaired) electrons. The third-order valence-electron chi connectivity index (χ3n) is 3.19. The molecule has 0 unspecified atom stereocenters. The average Bonchev–Trinajstić information content (AvgIpc) is 2.96. The Bertz CT molecular complexity index is 596. The molecule has 0 amide bonds. The maximum absolute atomic E-state index is 11.8. The molecule has 0 bridgehead atoms. The number of fused-ring (bicyclic) bond motifs is 1. The van der Waals surface area contributed by atoms with E-state index in [1.54, 1.807) is 0 Å². The van der Waals surface area contributed by atoms with Gasteiger partial charge in [0.05, 0.1) is 0 Å². The van der Waals surface area contributed by atoms with E-state index in [4.69, 9.17) is 0 Å². The van der Waals surface area contributed by atoms with Crippen LogP contribution in [0.2, 0.25) is 0 Å². The van der Waals surface area contributed by atoms with Crippen molar-refractivity contribution in [2.75, 3.05) is 5.32 Å². The van der Waals surface area contributed by atoms with Crippen LogP contribution < -0.4 is 10.9 Å². The van der Waals surface area contributed by atoms with E-state index < -0.39 is 0 Å². The molecule has 1 aliphatic rings. The van der Waals surface area contributed by atoms with E-state index in [1.165, 1.54) is 12.8 Å². The first-order valence-corrected chi connectivity index (χ1v) is 5.57. The molecule has 82 valence electrons. The van der Waals surface area contributed by atoms with Crippen LogP contribution in [0.4, 0.5) is 5.82 Å². The van der Waals surface area contributed by atoms with Crippen LogP contribution in [-0.4, -0.2) is 10.5 Å². The lowest BCUT2D eigenvalue weighted by molar-refractivity contribution is 0.820. The smallest absolute Gasteiger partial charge is 0.257 e. The molecule has 1 fully saturated rings. The lowest BCUT2D eigenvalue weighted by Gasteiger charge is -2.13. The van der Waals surface area contributed by atoms with Gasteiger partial charge in [0.15, 0.2) is 0 Å². The fraction of sp³-hybridized carbons (Fsp3) is 0.308. The van der Waals surface area contributed by atoms with E-state index >= 15 is 0 Å². The standard InChI is InChI=1S/C13H14N2O/c1-13(6-7-13)15-11-8-9-4-2-3-5-10(9)12(16)14-11/h2-5,8H,6-7H2,1H3,(H2,14,15,16). The Morgan fingerprint density at radius 3 is 2.81 bits per heavy atom. The van der Waals surface area contributed by atoms with Crippen molar-refractivity contribution in [1.29, 1.82) is 0 Å². The minimum Gasteiger partial charge on any atom is -0.366 e. The van der Waals surface area contributed by atoms with Crippen molar-refractivity contribution in [3.8, 4) is 0 Å². The van der Waals surface area contributed by atoms with Crippen LogP contribution in [-0.2, 0) is 0 Å². The molecule has 1 heterocycles. The fourth-order valence-electron chi connectivity index (χ4n) is 1.92. The van der Waals surface area contributed by atoms with Crippen LogP contribution in [0.3, 0.4) is 0 Å². The summed E-state index contributed by atoms with van der Waals surface area (Å²) in [5.74, 6) is 0.823. The first kappa shape index (κ1) is 9.46. The molecule has 1 aromatic heterocycles. The predicted molar refractivity (Wildman–Crippen MR) is 65.8 cm³/mol. The van der Waals surface area contributed by atoms with Gasteiger partial charge in [-0.2, -0.15) is 0 Å². The number of aromatic nitrogens is 1. The molecule has 1 aromatic carbocycles. The second-order valence-corrected chi connectivity index (χ2v) is 4.79. The fourth-order valence-corrected chi connectivity index (χ4v) is 1.92. The van der Waals surface area contributed by atoms with Crippen molar-refractivity contribution in [2.24, 2.45) is 0 Å². The number of pyridine rings is 1. The Morgan fingerprint density at radius 2 is 2.06 bits per heavy atom. The average molecular weight is 214 g/mol. The Labute approximate surface area is 93.5 Å². The highest BCUT2D eigenvalue weighted by molar-refractivity contribution is 5.83. The number of aromatic amines is 1. The second kappa shape index (κ2) is 3.11. The maximum atomic E-state index is 11.8. The normalized spacial score (nSPS) is 17.3. The Kier molecular flexibility index (Phi) is 1.84. The molecule has 16 heavy (non-hydrogen) atoms. The maximum Gasteiger partial charge on any atom is 0.257 e. The molecule has 0 aliphatic heterocycles. The van der Waals surface area contributed by atoms with Gasteiger partial charge in [0.1, 0.15) is 5.82 Å².